The molecule has 0 aliphatic carbocycles. The molecule has 6 heteroatoms. The lowest BCUT2D eigenvalue weighted by molar-refractivity contribution is -0.0177. The van der Waals surface area contributed by atoms with Gasteiger partial charge in [0, 0.05) is 19.3 Å². The maximum atomic E-state index is 12.9. The van der Waals surface area contributed by atoms with Crippen molar-refractivity contribution < 1.29 is 14.6 Å². The summed E-state index contributed by atoms with van der Waals surface area (Å²) in [5.41, 5.74) is 0.223. The Kier molecular flexibility index (Phi) is 4.81. The van der Waals surface area contributed by atoms with E-state index in [1.165, 1.54) is 0 Å². The maximum absolute atomic E-state index is 12.9. The Hall–Kier alpha value is -2.34. The largest absolute Gasteiger partial charge is 0.497 e. The van der Waals surface area contributed by atoms with Crippen molar-refractivity contribution in [3.8, 4) is 5.75 Å². The Labute approximate surface area is 148 Å². The molecule has 25 heavy (non-hydrogen) atoms. The molecule has 1 amide bonds. The number of nitrogens with zero attached hydrogens (tertiary/aromatic N) is 3. The van der Waals surface area contributed by atoms with Gasteiger partial charge >= 0.3 is 0 Å². The molecule has 1 aromatic carbocycles. The number of aromatic nitrogens is 2. The molecule has 1 aliphatic rings. The van der Waals surface area contributed by atoms with Crippen molar-refractivity contribution in [1.82, 2.24) is 14.7 Å². The molecule has 0 spiro atoms. The van der Waals surface area contributed by atoms with Gasteiger partial charge < -0.3 is 14.7 Å². The fraction of sp³-hybridized carbons (Fsp3) is 0.474. The van der Waals surface area contributed by atoms with Crippen LogP contribution in [0, 0.1) is 0 Å². The number of methoxy groups -OCH3 is 1. The Morgan fingerprint density at radius 3 is 2.72 bits per heavy atom. The van der Waals surface area contributed by atoms with E-state index in [0.717, 1.165) is 30.7 Å². The monoisotopic (exact) mass is 343 g/mol. The molecule has 2 aromatic rings. The summed E-state index contributed by atoms with van der Waals surface area (Å²) in [6.07, 6.45) is 5.01. The first-order chi connectivity index (χ1) is 12.0. The van der Waals surface area contributed by atoms with Gasteiger partial charge in [0.1, 0.15) is 11.4 Å². The van der Waals surface area contributed by atoms with Crippen molar-refractivity contribution in [1.29, 1.82) is 0 Å². The van der Waals surface area contributed by atoms with Crippen LogP contribution in [-0.2, 0) is 12.1 Å². The third kappa shape index (κ3) is 3.26. The molecule has 0 bridgehead atoms. The molecule has 1 aromatic heterocycles. The van der Waals surface area contributed by atoms with Crippen molar-refractivity contribution in [3.05, 3.63) is 47.8 Å². The SMILES string of the molecule is CCn1cc(C(=O)N2CCC[C@H]2[C@](C)(O)c2ccc(OC)cc2)cn1. The van der Waals surface area contributed by atoms with Gasteiger partial charge in [0.15, 0.2) is 0 Å². The van der Waals surface area contributed by atoms with E-state index in [0.29, 0.717) is 12.1 Å². The van der Waals surface area contributed by atoms with Crippen LogP contribution >= 0.6 is 0 Å². The lowest BCUT2D eigenvalue weighted by Crippen LogP contribution is -2.48. The number of amides is 1. The highest BCUT2D eigenvalue weighted by Gasteiger charge is 2.43. The Morgan fingerprint density at radius 2 is 2.12 bits per heavy atom. The first-order valence-electron chi connectivity index (χ1n) is 8.67. The van der Waals surface area contributed by atoms with Gasteiger partial charge in [-0.2, -0.15) is 5.10 Å². The van der Waals surface area contributed by atoms with Crippen LogP contribution in [0.5, 0.6) is 5.75 Å². The summed E-state index contributed by atoms with van der Waals surface area (Å²) < 4.78 is 6.92. The molecule has 1 N–H and O–H groups in total. The summed E-state index contributed by atoms with van der Waals surface area (Å²) in [6, 6.07) is 7.11. The average Bonchev–Trinajstić information content (AvgIpc) is 3.30. The molecule has 2 atom stereocenters. The van der Waals surface area contributed by atoms with Crippen LogP contribution in [0.2, 0.25) is 0 Å². The van der Waals surface area contributed by atoms with Crippen LogP contribution in [0.4, 0.5) is 0 Å². The van der Waals surface area contributed by atoms with E-state index >= 15 is 0 Å². The summed E-state index contributed by atoms with van der Waals surface area (Å²) in [5.74, 6) is 0.668. The maximum Gasteiger partial charge on any atom is 0.257 e. The van der Waals surface area contributed by atoms with Crippen molar-refractivity contribution in [3.63, 3.8) is 0 Å². The number of benzene rings is 1. The number of aryl methyl sites for hydroxylation is 1. The topological polar surface area (TPSA) is 67.6 Å². The van der Waals surface area contributed by atoms with E-state index in [-0.39, 0.29) is 11.9 Å². The van der Waals surface area contributed by atoms with Crippen molar-refractivity contribution >= 4 is 5.91 Å². The molecule has 134 valence electrons. The molecule has 1 saturated heterocycles. The number of carbonyl (C=O) groups is 1. The molecular formula is C19H25N3O3. The Bertz CT molecular complexity index is 737. The summed E-state index contributed by atoms with van der Waals surface area (Å²) >= 11 is 0. The number of hydrogen-bond donors (Lipinski definition) is 1. The van der Waals surface area contributed by atoms with Gasteiger partial charge in [0.25, 0.3) is 5.91 Å². The molecule has 1 fully saturated rings. The fourth-order valence-corrected chi connectivity index (χ4v) is 3.53. The summed E-state index contributed by atoms with van der Waals surface area (Å²) in [7, 11) is 1.61. The first kappa shape index (κ1) is 17.5. The number of aliphatic hydroxyl groups is 1. The molecule has 0 saturated carbocycles. The first-order valence-corrected chi connectivity index (χ1v) is 8.67. The lowest BCUT2D eigenvalue weighted by Gasteiger charge is -2.37. The third-order valence-electron chi connectivity index (χ3n) is 5.04. The summed E-state index contributed by atoms with van der Waals surface area (Å²) in [4.78, 5) is 14.7. The smallest absolute Gasteiger partial charge is 0.257 e. The second kappa shape index (κ2) is 6.88. The van der Waals surface area contributed by atoms with Crippen LogP contribution in [0.15, 0.2) is 36.7 Å². The minimum absolute atomic E-state index is 0.0732. The van der Waals surface area contributed by atoms with Crippen LogP contribution in [-0.4, -0.2) is 45.4 Å². The van der Waals surface area contributed by atoms with Gasteiger partial charge in [0.2, 0.25) is 0 Å². The quantitative estimate of drug-likeness (QED) is 0.905. The van der Waals surface area contributed by atoms with Gasteiger partial charge in [-0.05, 0) is 44.4 Å². The predicted molar refractivity (Wildman–Crippen MR) is 94.5 cm³/mol. The van der Waals surface area contributed by atoms with Gasteiger partial charge in [-0.1, -0.05) is 12.1 Å². The molecule has 0 unspecified atom stereocenters. The van der Waals surface area contributed by atoms with E-state index in [9.17, 15) is 9.90 Å². The Balaban J connectivity index is 1.85. The molecular weight excluding hydrogens is 318 g/mol. The van der Waals surface area contributed by atoms with Crippen molar-refractivity contribution in [2.24, 2.45) is 0 Å². The minimum Gasteiger partial charge on any atom is -0.497 e. The van der Waals surface area contributed by atoms with E-state index < -0.39 is 5.60 Å². The molecule has 6 nitrogen and oxygen atoms in total. The summed E-state index contributed by atoms with van der Waals surface area (Å²) in [5, 5.41) is 15.4. The van der Waals surface area contributed by atoms with Gasteiger partial charge in [-0.3, -0.25) is 9.48 Å². The van der Waals surface area contributed by atoms with E-state index in [1.807, 2.05) is 31.2 Å². The lowest BCUT2D eigenvalue weighted by atomic mass is 9.86. The summed E-state index contributed by atoms with van der Waals surface area (Å²) in [6.45, 7) is 5.13. The third-order valence-corrected chi connectivity index (χ3v) is 5.04. The second-order valence-corrected chi connectivity index (χ2v) is 6.62. The highest BCUT2D eigenvalue weighted by molar-refractivity contribution is 5.94. The van der Waals surface area contributed by atoms with Crippen LogP contribution < -0.4 is 4.74 Å². The van der Waals surface area contributed by atoms with Crippen LogP contribution in [0.3, 0.4) is 0 Å². The zero-order valence-corrected chi connectivity index (χ0v) is 15.0. The number of rotatable bonds is 5. The van der Waals surface area contributed by atoms with E-state index in [1.54, 1.807) is 36.0 Å². The van der Waals surface area contributed by atoms with Gasteiger partial charge in [-0.15, -0.1) is 0 Å². The molecule has 1 aliphatic heterocycles. The normalized spacial score (nSPS) is 19.7. The molecule has 2 heterocycles. The average molecular weight is 343 g/mol. The highest BCUT2D eigenvalue weighted by Crippen LogP contribution is 2.36. The second-order valence-electron chi connectivity index (χ2n) is 6.62. The van der Waals surface area contributed by atoms with E-state index in [4.69, 9.17) is 4.74 Å². The van der Waals surface area contributed by atoms with Crippen molar-refractivity contribution in [2.45, 2.75) is 44.9 Å². The fourth-order valence-electron chi connectivity index (χ4n) is 3.53. The molecule has 3 rings (SSSR count). The van der Waals surface area contributed by atoms with Crippen LogP contribution in [0.25, 0.3) is 0 Å². The van der Waals surface area contributed by atoms with E-state index in [2.05, 4.69) is 5.10 Å². The number of ether oxygens (including phenoxy) is 1. The standard InChI is InChI=1S/C19H25N3O3/c1-4-21-13-14(12-20-21)18(23)22-11-5-6-17(22)19(2,24)15-7-9-16(25-3)10-8-15/h7-10,12-13,17,24H,4-6,11H2,1-3H3/t17-,19+/m0/s1. The minimum atomic E-state index is -1.13. The van der Waals surface area contributed by atoms with Crippen LogP contribution in [0.1, 0.15) is 42.6 Å². The number of carbonyl (C=O) groups excluding carboxylic acids is 1. The predicted octanol–water partition coefficient (Wildman–Crippen LogP) is 2.42. The number of likely N-dealkylation sites (tertiary alicyclic amines) is 1. The van der Waals surface area contributed by atoms with Gasteiger partial charge in [-0.25, -0.2) is 0 Å². The molecule has 0 radical (unpaired) electrons. The van der Waals surface area contributed by atoms with Crippen molar-refractivity contribution in [2.75, 3.05) is 13.7 Å². The number of hydrogen-bond acceptors (Lipinski definition) is 4. The zero-order valence-electron chi connectivity index (χ0n) is 15.0. The zero-order chi connectivity index (χ0) is 18.0. The van der Waals surface area contributed by atoms with Gasteiger partial charge in [0.05, 0.1) is 24.9 Å². The Morgan fingerprint density at radius 1 is 1.40 bits per heavy atom. The highest BCUT2D eigenvalue weighted by atomic mass is 16.5.